The molecular weight excluding hydrogens is 278 g/mol. The fourth-order valence-electron chi connectivity index (χ4n) is 2.37. The third-order valence-corrected chi connectivity index (χ3v) is 3.55. The number of likely N-dealkylation sites (N-methyl/N-ethyl adjacent to an activating group) is 1. The number of aromatic nitrogens is 4. The molecule has 3 aromatic rings. The van der Waals surface area contributed by atoms with Gasteiger partial charge in [0.1, 0.15) is 24.5 Å². The van der Waals surface area contributed by atoms with Crippen molar-refractivity contribution in [1.29, 1.82) is 0 Å². The van der Waals surface area contributed by atoms with E-state index < -0.39 is 0 Å². The number of aryl methyl sites for hydroxylation is 2. The Labute approximate surface area is 129 Å². The minimum Gasteiger partial charge on any atom is -0.492 e. The standard InChI is InChI=1S/C16H19N5O/c1-12-5-4-6-13(9-12)22-8-7-20(2)15-14-10-19-21(3)16(14)18-11-17-15/h4-6,9-11H,7-8H2,1-3H3. The summed E-state index contributed by atoms with van der Waals surface area (Å²) in [6, 6.07) is 8.05. The van der Waals surface area contributed by atoms with Gasteiger partial charge in [0.05, 0.1) is 18.1 Å². The predicted molar refractivity (Wildman–Crippen MR) is 86.2 cm³/mol. The molecule has 0 fully saturated rings. The van der Waals surface area contributed by atoms with E-state index in [0.29, 0.717) is 6.61 Å². The Kier molecular flexibility index (Phi) is 3.91. The summed E-state index contributed by atoms with van der Waals surface area (Å²) in [5.41, 5.74) is 2.02. The highest BCUT2D eigenvalue weighted by Gasteiger charge is 2.11. The summed E-state index contributed by atoms with van der Waals surface area (Å²) in [5.74, 6) is 1.76. The van der Waals surface area contributed by atoms with Crippen molar-refractivity contribution in [3.8, 4) is 5.75 Å². The molecule has 6 heteroatoms. The molecule has 0 unspecified atom stereocenters. The molecule has 2 aromatic heterocycles. The van der Waals surface area contributed by atoms with Crippen LogP contribution in [0.3, 0.4) is 0 Å². The maximum Gasteiger partial charge on any atom is 0.163 e. The number of hydrogen-bond acceptors (Lipinski definition) is 5. The zero-order valence-corrected chi connectivity index (χ0v) is 13.0. The van der Waals surface area contributed by atoms with Gasteiger partial charge >= 0.3 is 0 Å². The molecule has 0 atom stereocenters. The van der Waals surface area contributed by atoms with Crippen LogP contribution >= 0.6 is 0 Å². The topological polar surface area (TPSA) is 56.1 Å². The highest BCUT2D eigenvalue weighted by Crippen LogP contribution is 2.20. The lowest BCUT2D eigenvalue weighted by molar-refractivity contribution is 0.325. The van der Waals surface area contributed by atoms with Gasteiger partial charge in [-0.15, -0.1) is 0 Å². The van der Waals surface area contributed by atoms with E-state index in [1.54, 1.807) is 17.2 Å². The monoisotopic (exact) mass is 297 g/mol. The first-order valence-electron chi connectivity index (χ1n) is 7.18. The van der Waals surface area contributed by atoms with Gasteiger partial charge in [-0.1, -0.05) is 12.1 Å². The summed E-state index contributed by atoms with van der Waals surface area (Å²) >= 11 is 0. The van der Waals surface area contributed by atoms with E-state index in [2.05, 4.69) is 33.0 Å². The quantitative estimate of drug-likeness (QED) is 0.722. The van der Waals surface area contributed by atoms with Crippen LogP contribution in [-0.4, -0.2) is 39.9 Å². The van der Waals surface area contributed by atoms with Crippen molar-refractivity contribution in [2.75, 3.05) is 25.1 Å². The maximum absolute atomic E-state index is 5.79. The van der Waals surface area contributed by atoms with E-state index in [1.165, 1.54) is 5.56 Å². The number of anilines is 1. The second-order valence-corrected chi connectivity index (χ2v) is 5.29. The summed E-state index contributed by atoms with van der Waals surface area (Å²) < 4.78 is 7.54. The molecule has 0 spiro atoms. The molecule has 2 heterocycles. The zero-order chi connectivity index (χ0) is 15.5. The highest BCUT2D eigenvalue weighted by molar-refractivity contribution is 5.86. The molecule has 22 heavy (non-hydrogen) atoms. The first-order valence-corrected chi connectivity index (χ1v) is 7.18. The number of ether oxygens (including phenoxy) is 1. The lowest BCUT2D eigenvalue weighted by Crippen LogP contribution is -2.24. The Morgan fingerprint density at radius 1 is 1.27 bits per heavy atom. The molecule has 0 aliphatic rings. The fourth-order valence-corrected chi connectivity index (χ4v) is 2.37. The lowest BCUT2D eigenvalue weighted by Gasteiger charge is -2.18. The van der Waals surface area contributed by atoms with Crippen LogP contribution in [0.5, 0.6) is 5.75 Å². The first-order chi connectivity index (χ1) is 10.6. The largest absolute Gasteiger partial charge is 0.492 e. The average Bonchev–Trinajstić information content (AvgIpc) is 2.89. The summed E-state index contributed by atoms with van der Waals surface area (Å²) in [7, 11) is 3.87. The van der Waals surface area contributed by atoms with E-state index in [9.17, 15) is 0 Å². The zero-order valence-electron chi connectivity index (χ0n) is 13.0. The van der Waals surface area contributed by atoms with Crippen molar-refractivity contribution in [3.63, 3.8) is 0 Å². The molecule has 6 nitrogen and oxygen atoms in total. The van der Waals surface area contributed by atoms with Crippen molar-refractivity contribution in [2.24, 2.45) is 7.05 Å². The Hall–Kier alpha value is -2.63. The van der Waals surface area contributed by atoms with Gasteiger partial charge in [-0.2, -0.15) is 5.10 Å². The van der Waals surface area contributed by atoms with E-state index >= 15 is 0 Å². The molecule has 0 amide bonds. The molecule has 114 valence electrons. The van der Waals surface area contributed by atoms with Crippen LogP contribution in [0.4, 0.5) is 5.82 Å². The minimum absolute atomic E-state index is 0.589. The van der Waals surface area contributed by atoms with Gasteiger partial charge in [0.2, 0.25) is 0 Å². The van der Waals surface area contributed by atoms with Crippen molar-refractivity contribution in [3.05, 3.63) is 42.4 Å². The molecule has 1 aromatic carbocycles. The van der Waals surface area contributed by atoms with E-state index in [1.807, 2.05) is 32.3 Å². The Morgan fingerprint density at radius 2 is 2.14 bits per heavy atom. The molecule has 0 saturated carbocycles. The van der Waals surface area contributed by atoms with Crippen molar-refractivity contribution < 1.29 is 4.74 Å². The Bertz CT molecular complexity index is 783. The first kappa shape index (κ1) is 14.3. The van der Waals surface area contributed by atoms with Gasteiger partial charge in [-0.25, -0.2) is 9.97 Å². The molecule has 0 radical (unpaired) electrons. The summed E-state index contributed by atoms with van der Waals surface area (Å²) in [6.45, 7) is 3.37. The molecule has 0 aliphatic heterocycles. The molecule has 0 saturated heterocycles. The lowest BCUT2D eigenvalue weighted by atomic mass is 10.2. The van der Waals surface area contributed by atoms with Crippen LogP contribution in [0.1, 0.15) is 5.56 Å². The molecule has 0 bridgehead atoms. The third-order valence-electron chi connectivity index (χ3n) is 3.55. The van der Waals surface area contributed by atoms with E-state index in [0.717, 1.165) is 29.1 Å². The molecule has 0 N–H and O–H groups in total. The third kappa shape index (κ3) is 2.86. The second-order valence-electron chi connectivity index (χ2n) is 5.29. The van der Waals surface area contributed by atoms with Gasteiger partial charge < -0.3 is 9.64 Å². The maximum atomic E-state index is 5.79. The summed E-state index contributed by atoms with van der Waals surface area (Å²) in [4.78, 5) is 10.7. The predicted octanol–water partition coefficient (Wildman–Crippen LogP) is 2.19. The SMILES string of the molecule is Cc1cccc(OCCN(C)c2ncnc3c2cnn3C)c1. The van der Waals surface area contributed by atoms with Gasteiger partial charge in [-0.05, 0) is 24.6 Å². The number of hydrogen-bond donors (Lipinski definition) is 0. The van der Waals surface area contributed by atoms with Crippen LogP contribution in [0.15, 0.2) is 36.8 Å². The van der Waals surface area contributed by atoms with Gasteiger partial charge in [-0.3, -0.25) is 4.68 Å². The van der Waals surface area contributed by atoms with Crippen LogP contribution in [0, 0.1) is 6.92 Å². The Balaban J connectivity index is 1.67. The Morgan fingerprint density at radius 3 is 2.95 bits per heavy atom. The number of rotatable bonds is 5. The number of nitrogens with zero attached hydrogens (tertiary/aromatic N) is 5. The summed E-state index contributed by atoms with van der Waals surface area (Å²) in [5, 5.41) is 5.18. The highest BCUT2D eigenvalue weighted by atomic mass is 16.5. The minimum atomic E-state index is 0.589. The van der Waals surface area contributed by atoms with Crippen LogP contribution in [0.2, 0.25) is 0 Å². The fraction of sp³-hybridized carbons (Fsp3) is 0.312. The number of benzene rings is 1. The van der Waals surface area contributed by atoms with E-state index in [4.69, 9.17) is 4.74 Å². The van der Waals surface area contributed by atoms with Crippen LogP contribution in [-0.2, 0) is 7.05 Å². The van der Waals surface area contributed by atoms with Crippen molar-refractivity contribution in [2.45, 2.75) is 6.92 Å². The second kappa shape index (κ2) is 6.01. The van der Waals surface area contributed by atoms with E-state index in [-0.39, 0.29) is 0 Å². The smallest absolute Gasteiger partial charge is 0.163 e. The van der Waals surface area contributed by atoms with Crippen molar-refractivity contribution >= 4 is 16.9 Å². The van der Waals surface area contributed by atoms with Crippen LogP contribution < -0.4 is 9.64 Å². The molecule has 0 aliphatic carbocycles. The van der Waals surface area contributed by atoms with Gasteiger partial charge in [0, 0.05) is 14.1 Å². The normalized spacial score (nSPS) is 10.9. The van der Waals surface area contributed by atoms with Gasteiger partial charge in [0.25, 0.3) is 0 Å². The van der Waals surface area contributed by atoms with Crippen LogP contribution in [0.25, 0.3) is 11.0 Å². The average molecular weight is 297 g/mol. The molecular formula is C16H19N5O. The van der Waals surface area contributed by atoms with Crippen molar-refractivity contribution in [1.82, 2.24) is 19.7 Å². The summed E-state index contributed by atoms with van der Waals surface area (Å²) in [6.07, 6.45) is 3.36. The number of fused-ring (bicyclic) bond motifs is 1. The molecule has 3 rings (SSSR count). The van der Waals surface area contributed by atoms with Gasteiger partial charge in [0.15, 0.2) is 5.65 Å².